The number of hydrogen-bond donors (Lipinski definition) is 1. The lowest BCUT2D eigenvalue weighted by atomic mass is 10.1. The van der Waals surface area contributed by atoms with Crippen LogP contribution in [0.25, 0.3) is 22.6 Å². The zero-order valence-corrected chi connectivity index (χ0v) is 14.1. The number of carbonyl (C=O) groups is 1. The first-order valence-corrected chi connectivity index (χ1v) is 8.29. The minimum absolute atomic E-state index is 0.192. The van der Waals surface area contributed by atoms with E-state index in [1.807, 2.05) is 67.6 Å². The Balaban J connectivity index is 1.86. The molecule has 0 aliphatic rings. The second kappa shape index (κ2) is 8.26. The van der Waals surface area contributed by atoms with E-state index in [9.17, 15) is 4.79 Å². The topological polar surface area (TPSA) is 64.4 Å². The zero-order chi connectivity index (χ0) is 17.5. The van der Waals surface area contributed by atoms with Gasteiger partial charge < -0.3 is 4.42 Å². The lowest BCUT2D eigenvalue weighted by Gasteiger charge is -2.01. The van der Waals surface area contributed by atoms with E-state index in [0.717, 1.165) is 16.8 Å². The number of nitrogens with zero attached hydrogens (tertiary/aromatic N) is 1. The number of amides is 1. The van der Waals surface area contributed by atoms with E-state index in [-0.39, 0.29) is 12.3 Å². The largest absolute Gasteiger partial charge is 0.440 e. The van der Waals surface area contributed by atoms with Crippen molar-refractivity contribution in [3.63, 3.8) is 0 Å². The SMILES string of the molecule is CCONC(=O)CCc1nc(-c2ccccc2)c(-c2ccccc2)o1. The maximum atomic E-state index is 11.7. The molecule has 5 heteroatoms. The molecule has 0 saturated heterocycles. The number of oxazole rings is 1. The molecule has 25 heavy (non-hydrogen) atoms. The summed E-state index contributed by atoms with van der Waals surface area (Å²) in [7, 11) is 0. The van der Waals surface area contributed by atoms with Crippen LogP contribution < -0.4 is 5.48 Å². The smallest absolute Gasteiger partial charge is 0.244 e. The highest BCUT2D eigenvalue weighted by Crippen LogP contribution is 2.32. The molecule has 0 aliphatic carbocycles. The number of nitrogens with one attached hydrogen (secondary N) is 1. The molecule has 128 valence electrons. The number of aromatic nitrogens is 1. The van der Waals surface area contributed by atoms with Gasteiger partial charge in [0.2, 0.25) is 5.91 Å². The third kappa shape index (κ3) is 4.33. The van der Waals surface area contributed by atoms with Crippen molar-refractivity contribution in [2.24, 2.45) is 0 Å². The monoisotopic (exact) mass is 336 g/mol. The number of carbonyl (C=O) groups excluding carboxylic acids is 1. The van der Waals surface area contributed by atoms with Crippen molar-refractivity contribution in [3.8, 4) is 22.6 Å². The average molecular weight is 336 g/mol. The van der Waals surface area contributed by atoms with E-state index in [4.69, 9.17) is 9.25 Å². The standard InChI is InChI=1S/C20H20N2O3/c1-2-24-22-17(23)13-14-18-21-19(15-9-5-3-6-10-15)20(25-18)16-11-7-4-8-12-16/h3-12H,2,13-14H2,1H3,(H,22,23). The number of hydroxylamine groups is 1. The van der Waals surface area contributed by atoms with Gasteiger partial charge in [0.05, 0.1) is 6.61 Å². The van der Waals surface area contributed by atoms with E-state index in [1.165, 1.54) is 0 Å². The molecule has 5 nitrogen and oxygen atoms in total. The van der Waals surface area contributed by atoms with Crippen molar-refractivity contribution in [3.05, 3.63) is 66.6 Å². The molecule has 0 spiro atoms. The third-order valence-corrected chi connectivity index (χ3v) is 3.65. The Morgan fingerprint density at radius 3 is 2.32 bits per heavy atom. The van der Waals surface area contributed by atoms with E-state index >= 15 is 0 Å². The molecule has 0 unspecified atom stereocenters. The highest BCUT2D eigenvalue weighted by atomic mass is 16.6. The van der Waals surface area contributed by atoms with Crippen LogP contribution in [0, 0.1) is 0 Å². The van der Waals surface area contributed by atoms with Gasteiger partial charge >= 0.3 is 0 Å². The molecule has 3 aromatic rings. The summed E-state index contributed by atoms with van der Waals surface area (Å²) in [6.07, 6.45) is 0.661. The first-order valence-electron chi connectivity index (χ1n) is 8.29. The quantitative estimate of drug-likeness (QED) is 0.662. The Bertz CT molecular complexity index is 756. The summed E-state index contributed by atoms with van der Waals surface area (Å²) in [6.45, 7) is 2.24. The first-order chi connectivity index (χ1) is 12.3. The van der Waals surface area contributed by atoms with E-state index in [0.29, 0.717) is 24.7 Å². The number of hydrogen-bond acceptors (Lipinski definition) is 4. The molecule has 1 amide bonds. The molecular weight excluding hydrogens is 316 g/mol. The maximum Gasteiger partial charge on any atom is 0.244 e. The summed E-state index contributed by atoms with van der Waals surface area (Å²) in [5.41, 5.74) is 5.10. The van der Waals surface area contributed by atoms with Crippen molar-refractivity contribution in [1.29, 1.82) is 0 Å². The Morgan fingerprint density at radius 2 is 1.68 bits per heavy atom. The predicted octanol–water partition coefficient (Wildman–Crippen LogP) is 4.01. The van der Waals surface area contributed by atoms with Gasteiger partial charge in [-0.15, -0.1) is 0 Å². The van der Waals surface area contributed by atoms with Crippen LogP contribution in [-0.4, -0.2) is 17.5 Å². The van der Waals surface area contributed by atoms with Crippen molar-refractivity contribution in [2.75, 3.05) is 6.61 Å². The van der Waals surface area contributed by atoms with Gasteiger partial charge in [0.15, 0.2) is 11.7 Å². The second-order valence-corrected chi connectivity index (χ2v) is 5.48. The summed E-state index contributed by atoms with van der Waals surface area (Å²) in [5.74, 6) is 1.05. The molecule has 0 aliphatic heterocycles. The summed E-state index contributed by atoms with van der Waals surface area (Å²) >= 11 is 0. The minimum Gasteiger partial charge on any atom is -0.440 e. The fourth-order valence-electron chi connectivity index (χ4n) is 2.47. The Hall–Kier alpha value is -2.92. The molecule has 0 atom stereocenters. The first kappa shape index (κ1) is 16.9. The zero-order valence-electron chi connectivity index (χ0n) is 14.1. The van der Waals surface area contributed by atoms with Crippen LogP contribution in [0.1, 0.15) is 19.2 Å². The van der Waals surface area contributed by atoms with Crippen LogP contribution in [0.3, 0.4) is 0 Å². The normalized spacial score (nSPS) is 10.6. The molecule has 0 bridgehead atoms. The molecule has 1 aromatic heterocycles. The molecule has 1 heterocycles. The van der Waals surface area contributed by atoms with E-state index in [1.54, 1.807) is 0 Å². The van der Waals surface area contributed by atoms with Gasteiger partial charge in [-0.1, -0.05) is 60.7 Å². The lowest BCUT2D eigenvalue weighted by molar-refractivity contribution is -0.133. The van der Waals surface area contributed by atoms with Crippen LogP contribution >= 0.6 is 0 Å². The minimum atomic E-state index is -0.192. The number of rotatable bonds is 7. The Kier molecular flexibility index (Phi) is 5.59. The van der Waals surface area contributed by atoms with Crippen LogP contribution in [-0.2, 0) is 16.1 Å². The molecule has 0 fully saturated rings. The van der Waals surface area contributed by atoms with Gasteiger partial charge in [0, 0.05) is 24.0 Å². The maximum absolute atomic E-state index is 11.7. The van der Waals surface area contributed by atoms with E-state index < -0.39 is 0 Å². The highest BCUT2D eigenvalue weighted by Gasteiger charge is 2.17. The van der Waals surface area contributed by atoms with Crippen LogP contribution in [0.5, 0.6) is 0 Å². The summed E-state index contributed by atoms with van der Waals surface area (Å²) in [4.78, 5) is 21.2. The molecule has 3 rings (SSSR count). The molecule has 0 saturated carbocycles. The molecule has 1 N–H and O–H groups in total. The second-order valence-electron chi connectivity index (χ2n) is 5.48. The van der Waals surface area contributed by atoms with Crippen LogP contribution in [0.4, 0.5) is 0 Å². The molecule has 0 radical (unpaired) electrons. The van der Waals surface area contributed by atoms with Gasteiger partial charge in [-0.3, -0.25) is 9.63 Å². The van der Waals surface area contributed by atoms with Crippen molar-refractivity contribution in [2.45, 2.75) is 19.8 Å². The fraction of sp³-hybridized carbons (Fsp3) is 0.200. The van der Waals surface area contributed by atoms with Gasteiger partial charge in [-0.05, 0) is 6.92 Å². The van der Waals surface area contributed by atoms with Gasteiger partial charge in [-0.25, -0.2) is 10.5 Å². The fourth-order valence-corrected chi connectivity index (χ4v) is 2.47. The summed E-state index contributed by atoms with van der Waals surface area (Å²) in [6, 6.07) is 19.7. The third-order valence-electron chi connectivity index (χ3n) is 3.65. The molecule has 2 aromatic carbocycles. The summed E-state index contributed by atoms with van der Waals surface area (Å²) < 4.78 is 5.98. The Morgan fingerprint density at radius 1 is 1.04 bits per heavy atom. The van der Waals surface area contributed by atoms with Crippen molar-refractivity contribution in [1.82, 2.24) is 10.5 Å². The summed E-state index contributed by atoms with van der Waals surface area (Å²) in [5, 5.41) is 0. The molecular formula is C20H20N2O3. The van der Waals surface area contributed by atoms with Gasteiger partial charge in [0.25, 0.3) is 0 Å². The van der Waals surface area contributed by atoms with E-state index in [2.05, 4.69) is 10.5 Å². The van der Waals surface area contributed by atoms with Crippen LogP contribution in [0.2, 0.25) is 0 Å². The van der Waals surface area contributed by atoms with Gasteiger partial charge in [0.1, 0.15) is 5.69 Å². The van der Waals surface area contributed by atoms with Gasteiger partial charge in [-0.2, -0.15) is 0 Å². The van der Waals surface area contributed by atoms with Crippen molar-refractivity contribution >= 4 is 5.91 Å². The number of benzene rings is 2. The predicted molar refractivity (Wildman–Crippen MR) is 95.5 cm³/mol. The Labute approximate surface area is 146 Å². The average Bonchev–Trinajstić information content (AvgIpc) is 3.10. The van der Waals surface area contributed by atoms with Crippen LogP contribution in [0.15, 0.2) is 65.1 Å². The lowest BCUT2D eigenvalue weighted by Crippen LogP contribution is -2.23. The van der Waals surface area contributed by atoms with Crippen molar-refractivity contribution < 1.29 is 14.0 Å². The highest BCUT2D eigenvalue weighted by molar-refractivity contribution is 5.77. The number of aryl methyl sites for hydroxylation is 1.